The van der Waals surface area contributed by atoms with Gasteiger partial charge in [0.1, 0.15) is 4.47 Å². The summed E-state index contributed by atoms with van der Waals surface area (Å²) in [4.78, 5) is 14.5. The van der Waals surface area contributed by atoms with E-state index in [4.69, 9.17) is 0 Å². The van der Waals surface area contributed by atoms with Crippen molar-refractivity contribution in [3.63, 3.8) is 0 Å². The molecule has 112 valence electrons. The summed E-state index contributed by atoms with van der Waals surface area (Å²) < 4.78 is 2.03. The van der Waals surface area contributed by atoms with Crippen LogP contribution in [0.3, 0.4) is 0 Å². The number of nitrogens with zero attached hydrogens (tertiary/aromatic N) is 3. The predicted molar refractivity (Wildman–Crippen MR) is 84.4 cm³/mol. The van der Waals surface area contributed by atoms with Crippen molar-refractivity contribution < 1.29 is 0 Å². The highest BCUT2D eigenvalue weighted by Crippen LogP contribution is 2.16. The molecular weight excluding hydrogens is 322 g/mol. The van der Waals surface area contributed by atoms with Gasteiger partial charge < -0.3 is 10.6 Å². The molecule has 20 heavy (non-hydrogen) atoms. The maximum atomic E-state index is 12.1. The molecule has 1 aliphatic heterocycles. The molecule has 0 atom stereocenters. The van der Waals surface area contributed by atoms with Crippen LogP contribution in [0.5, 0.6) is 0 Å². The van der Waals surface area contributed by atoms with Crippen LogP contribution in [0, 0.1) is 0 Å². The lowest BCUT2D eigenvalue weighted by Crippen LogP contribution is -2.45. The molecule has 1 aliphatic rings. The largest absolute Gasteiger partial charge is 0.381 e. The van der Waals surface area contributed by atoms with Gasteiger partial charge in [0.15, 0.2) is 0 Å². The summed E-state index contributed by atoms with van der Waals surface area (Å²) in [6, 6.07) is 0.0636. The van der Waals surface area contributed by atoms with Gasteiger partial charge in [0.2, 0.25) is 0 Å². The minimum Gasteiger partial charge on any atom is -0.381 e. The van der Waals surface area contributed by atoms with E-state index in [0.717, 1.165) is 45.0 Å². The van der Waals surface area contributed by atoms with Crippen LogP contribution in [-0.2, 0) is 0 Å². The Kier molecular flexibility index (Phi) is 5.56. The number of aromatic nitrogens is 2. The summed E-state index contributed by atoms with van der Waals surface area (Å²) in [7, 11) is 0. The van der Waals surface area contributed by atoms with Crippen LogP contribution in [0.1, 0.15) is 19.9 Å². The Bertz CT molecular complexity index is 496. The highest BCUT2D eigenvalue weighted by molar-refractivity contribution is 9.10. The molecule has 0 radical (unpaired) electrons. The summed E-state index contributed by atoms with van der Waals surface area (Å²) in [5.74, 6) is 0. The van der Waals surface area contributed by atoms with Crippen molar-refractivity contribution in [2.24, 2.45) is 0 Å². The Morgan fingerprint density at radius 1 is 1.45 bits per heavy atom. The van der Waals surface area contributed by atoms with Crippen LogP contribution in [0.4, 0.5) is 5.69 Å². The number of hydrogen-bond donors (Lipinski definition) is 2. The SMILES string of the molecule is CC(C)n1ncc(NCCN2CCNCC2)c(Br)c1=O. The molecule has 2 N–H and O–H groups in total. The number of hydrogen-bond acceptors (Lipinski definition) is 5. The second kappa shape index (κ2) is 7.19. The van der Waals surface area contributed by atoms with Crippen molar-refractivity contribution in [2.75, 3.05) is 44.6 Å². The zero-order valence-corrected chi connectivity index (χ0v) is 13.6. The molecule has 0 aliphatic carbocycles. The maximum absolute atomic E-state index is 12.1. The maximum Gasteiger partial charge on any atom is 0.283 e. The van der Waals surface area contributed by atoms with E-state index < -0.39 is 0 Å². The normalized spacial score (nSPS) is 16.6. The molecule has 0 unspecified atom stereocenters. The quantitative estimate of drug-likeness (QED) is 0.831. The molecule has 2 rings (SSSR count). The predicted octanol–water partition coefficient (Wildman–Crippen LogP) is 0.904. The molecule has 0 aromatic carbocycles. The zero-order valence-electron chi connectivity index (χ0n) is 12.0. The van der Waals surface area contributed by atoms with E-state index in [0.29, 0.717) is 4.47 Å². The van der Waals surface area contributed by atoms with Gasteiger partial charge in [-0.3, -0.25) is 9.69 Å². The van der Waals surface area contributed by atoms with E-state index in [9.17, 15) is 4.79 Å². The molecule has 1 aromatic heterocycles. The van der Waals surface area contributed by atoms with Crippen LogP contribution in [0.15, 0.2) is 15.5 Å². The van der Waals surface area contributed by atoms with Gasteiger partial charge in [-0.25, -0.2) is 4.68 Å². The molecule has 6 nitrogen and oxygen atoms in total. The smallest absolute Gasteiger partial charge is 0.283 e. The van der Waals surface area contributed by atoms with Crippen molar-refractivity contribution in [1.82, 2.24) is 20.0 Å². The number of nitrogens with one attached hydrogen (secondary N) is 2. The summed E-state index contributed by atoms with van der Waals surface area (Å²) in [5.41, 5.74) is 0.675. The van der Waals surface area contributed by atoms with E-state index in [1.54, 1.807) is 6.20 Å². The van der Waals surface area contributed by atoms with Gasteiger partial charge in [0, 0.05) is 39.3 Å². The highest BCUT2D eigenvalue weighted by Gasteiger charge is 2.12. The Balaban J connectivity index is 1.93. The van der Waals surface area contributed by atoms with Crippen LogP contribution in [0.2, 0.25) is 0 Å². The van der Waals surface area contributed by atoms with E-state index in [-0.39, 0.29) is 11.6 Å². The topological polar surface area (TPSA) is 62.2 Å². The molecule has 7 heteroatoms. The average Bonchev–Trinajstić information content (AvgIpc) is 2.44. The van der Waals surface area contributed by atoms with Gasteiger partial charge in [-0.15, -0.1) is 0 Å². The second-order valence-corrected chi connectivity index (χ2v) is 6.03. The van der Waals surface area contributed by atoms with Gasteiger partial charge in [0.05, 0.1) is 17.9 Å². The van der Waals surface area contributed by atoms with Crippen LogP contribution < -0.4 is 16.2 Å². The third kappa shape index (κ3) is 3.80. The minimum absolute atomic E-state index is 0.0636. The van der Waals surface area contributed by atoms with E-state index >= 15 is 0 Å². The molecule has 2 heterocycles. The highest BCUT2D eigenvalue weighted by atomic mass is 79.9. The third-order valence-corrected chi connectivity index (χ3v) is 4.15. The second-order valence-electron chi connectivity index (χ2n) is 5.23. The lowest BCUT2D eigenvalue weighted by molar-refractivity contribution is 0.249. The molecule has 1 aromatic rings. The Labute approximate surface area is 127 Å². The van der Waals surface area contributed by atoms with E-state index in [1.165, 1.54) is 4.68 Å². The van der Waals surface area contributed by atoms with Gasteiger partial charge in [-0.05, 0) is 29.8 Å². The summed E-state index contributed by atoms with van der Waals surface area (Å²) in [6.45, 7) is 9.93. The number of piperazine rings is 1. The van der Waals surface area contributed by atoms with Crippen molar-refractivity contribution in [1.29, 1.82) is 0 Å². The molecule has 0 spiro atoms. The van der Waals surface area contributed by atoms with Gasteiger partial charge in [0.25, 0.3) is 5.56 Å². The van der Waals surface area contributed by atoms with Crippen LogP contribution in [-0.4, -0.2) is 53.9 Å². The number of halogens is 1. The molecule has 1 saturated heterocycles. The average molecular weight is 344 g/mol. The lowest BCUT2D eigenvalue weighted by atomic mass is 10.3. The summed E-state index contributed by atoms with van der Waals surface area (Å²) in [5, 5.41) is 10.8. The number of anilines is 1. The fraction of sp³-hybridized carbons (Fsp3) is 0.692. The monoisotopic (exact) mass is 343 g/mol. The standard InChI is InChI=1S/C13H22BrN5O/c1-10(2)19-13(20)12(14)11(9-17-19)16-5-8-18-6-3-15-4-7-18/h9-10,15-16H,3-8H2,1-2H3. The first kappa shape index (κ1) is 15.5. The Hall–Kier alpha value is -0.920. The first-order valence-electron chi connectivity index (χ1n) is 7.04. The Morgan fingerprint density at radius 3 is 2.80 bits per heavy atom. The van der Waals surface area contributed by atoms with Gasteiger partial charge in [-0.1, -0.05) is 0 Å². The van der Waals surface area contributed by atoms with Crippen molar-refractivity contribution in [3.8, 4) is 0 Å². The van der Waals surface area contributed by atoms with Crippen molar-refractivity contribution >= 4 is 21.6 Å². The fourth-order valence-electron chi connectivity index (χ4n) is 2.22. The van der Waals surface area contributed by atoms with E-state index in [1.807, 2.05) is 13.8 Å². The molecule has 0 saturated carbocycles. The molecule has 1 fully saturated rings. The van der Waals surface area contributed by atoms with Crippen molar-refractivity contribution in [2.45, 2.75) is 19.9 Å². The lowest BCUT2D eigenvalue weighted by Gasteiger charge is -2.27. The molecular formula is C13H22BrN5O. The first-order valence-corrected chi connectivity index (χ1v) is 7.83. The minimum atomic E-state index is -0.0906. The summed E-state index contributed by atoms with van der Waals surface area (Å²) in [6.07, 6.45) is 1.71. The van der Waals surface area contributed by atoms with E-state index in [2.05, 4.69) is 36.6 Å². The Morgan fingerprint density at radius 2 is 2.15 bits per heavy atom. The fourth-order valence-corrected chi connectivity index (χ4v) is 2.64. The number of rotatable bonds is 5. The van der Waals surface area contributed by atoms with Crippen molar-refractivity contribution in [3.05, 3.63) is 21.0 Å². The zero-order chi connectivity index (χ0) is 14.5. The van der Waals surface area contributed by atoms with Crippen LogP contribution >= 0.6 is 15.9 Å². The first-order chi connectivity index (χ1) is 9.59. The molecule has 0 bridgehead atoms. The van der Waals surface area contributed by atoms with Gasteiger partial charge in [-0.2, -0.15) is 5.10 Å². The molecule has 0 amide bonds. The third-order valence-electron chi connectivity index (χ3n) is 3.39. The van der Waals surface area contributed by atoms with Gasteiger partial charge >= 0.3 is 0 Å². The van der Waals surface area contributed by atoms with Crippen LogP contribution in [0.25, 0.3) is 0 Å². The summed E-state index contributed by atoms with van der Waals surface area (Å²) >= 11 is 3.37.